The van der Waals surface area contributed by atoms with Gasteiger partial charge >= 0.3 is 12.5 Å². The second-order valence-electron chi connectivity index (χ2n) is 10.6. The summed E-state index contributed by atoms with van der Waals surface area (Å²) in [4.78, 5) is 12.8. The molecule has 4 nitrogen and oxygen atoms in total. The summed E-state index contributed by atoms with van der Waals surface area (Å²) in [6.45, 7) is 13.2. The van der Waals surface area contributed by atoms with E-state index in [9.17, 15) is 4.79 Å². The highest BCUT2D eigenvalue weighted by molar-refractivity contribution is 6.74. The predicted molar refractivity (Wildman–Crippen MR) is 105 cm³/mol. The Balaban J connectivity index is 1.67. The van der Waals surface area contributed by atoms with Gasteiger partial charge in [0.15, 0.2) is 8.32 Å². The summed E-state index contributed by atoms with van der Waals surface area (Å²) in [5, 5.41) is 2.59. The van der Waals surface area contributed by atoms with E-state index >= 15 is 0 Å². The highest BCUT2D eigenvalue weighted by atomic mass is 28.4. The Bertz CT molecular complexity index is 497. The molecule has 25 heavy (non-hydrogen) atoms. The molecule has 0 saturated carbocycles. The lowest BCUT2D eigenvalue weighted by Crippen LogP contribution is -3.04. The second-order valence-corrected chi connectivity index (χ2v) is 15.4. The van der Waals surface area contributed by atoms with Crippen molar-refractivity contribution in [3.63, 3.8) is 0 Å². The van der Waals surface area contributed by atoms with Gasteiger partial charge < -0.3 is 14.3 Å². The first kappa shape index (κ1) is 19.4. The third-order valence-electron chi connectivity index (χ3n) is 8.00. The third kappa shape index (κ3) is 3.46. The molecule has 144 valence electrons. The van der Waals surface area contributed by atoms with E-state index in [0.29, 0.717) is 18.2 Å². The van der Waals surface area contributed by atoms with Crippen molar-refractivity contribution < 1.29 is 19.1 Å². The molecule has 3 aliphatic rings. The lowest BCUT2D eigenvalue weighted by molar-refractivity contribution is -0.567. The molecule has 0 aromatic heterocycles. The number of carbonyl (C=O) groups is 1. The molecule has 2 atom stereocenters. The van der Waals surface area contributed by atoms with Crippen LogP contribution in [0.3, 0.4) is 0 Å². The summed E-state index contributed by atoms with van der Waals surface area (Å²) in [5.41, 5.74) is 0. The highest BCUT2D eigenvalue weighted by Crippen LogP contribution is 2.51. The van der Waals surface area contributed by atoms with Gasteiger partial charge in [0.05, 0.1) is 0 Å². The van der Waals surface area contributed by atoms with Crippen LogP contribution in [-0.2, 0) is 13.9 Å². The van der Waals surface area contributed by atoms with Gasteiger partial charge in [0.25, 0.3) is 0 Å². The van der Waals surface area contributed by atoms with E-state index in [-0.39, 0.29) is 23.0 Å². The fourth-order valence-corrected chi connectivity index (χ4v) is 6.42. The molecule has 3 rings (SSSR count). The molecular formula is C19H38BNO3Si. The number of rotatable bonds is 4. The van der Waals surface area contributed by atoms with Gasteiger partial charge in [0.2, 0.25) is 0 Å². The van der Waals surface area contributed by atoms with Crippen LogP contribution in [0.1, 0.15) is 66.2 Å². The van der Waals surface area contributed by atoms with E-state index in [2.05, 4.69) is 46.0 Å². The Morgan fingerprint density at radius 3 is 2.20 bits per heavy atom. The van der Waals surface area contributed by atoms with Crippen molar-refractivity contribution in [2.45, 2.75) is 102 Å². The maximum Gasteiger partial charge on any atom is 0.389 e. The van der Waals surface area contributed by atoms with Crippen LogP contribution in [0.4, 0.5) is 0 Å². The summed E-state index contributed by atoms with van der Waals surface area (Å²) >= 11 is 0. The average Bonchev–Trinajstić information content (AvgIpc) is 2.81. The molecule has 2 bridgehead atoms. The predicted octanol–water partition coefficient (Wildman–Crippen LogP) is 3.68. The van der Waals surface area contributed by atoms with Crippen LogP contribution in [0.25, 0.3) is 0 Å². The third-order valence-corrected chi connectivity index (χ3v) is 12.5. The standard InChI is InChI=1S/C19H38BNO3Si/c1-14(13-23-25(5,6)19(2,3)4)17-18(22)24-20(21-17)15-9-7-10-16(20)12-8-11-15/h14-17H,7-13,21H2,1-6H3/t14-,15?,16?,17+,20?/m0/s1. The zero-order chi connectivity index (χ0) is 18.5. The van der Waals surface area contributed by atoms with Crippen LogP contribution in [0.15, 0.2) is 0 Å². The van der Waals surface area contributed by atoms with Crippen molar-refractivity contribution in [3.05, 3.63) is 0 Å². The molecule has 3 fully saturated rings. The van der Waals surface area contributed by atoms with Crippen LogP contribution in [0.5, 0.6) is 0 Å². The quantitative estimate of drug-likeness (QED) is 0.771. The monoisotopic (exact) mass is 367 g/mol. The number of quaternary nitrogens is 1. The zero-order valence-electron chi connectivity index (χ0n) is 17.1. The van der Waals surface area contributed by atoms with Gasteiger partial charge in [-0.05, 0) is 18.1 Å². The first-order chi connectivity index (χ1) is 11.6. The molecule has 0 amide bonds. The van der Waals surface area contributed by atoms with E-state index in [0.717, 1.165) is 0 Å². The maximum absolute atomic E-state index is 12.8. The number of carbonyl (C=O) groups excluding carboxylic acids is 1. The van der Waals surface area contributed by atoms with E-state index in [1.165, 1.54) is 38.5 Å². The lowest BCUT2D eigenvalue weighted by atomic mass is 9.28. The van der Waals surface area contributed by atoms with Crippen LogP contribution in [-0.4, -0.2) is 33.4 Å². The van der Waals surface area contributed by atoms with Crippen molar-refractivity contribution >= 4 is 20.8 Å². The minimum absolute atomic E-state index is 0.0325. The van der Waals surface area contributed by atoms with Gasteiger partial charge in [-0.2, -0.15) is 0 Å². The van der Waals surface area contributed by atoms with E-state index in [1.54, 1.807) is 0 Å². The SMILES string of the molecule is C[C@@H](CO[Si](C)(C)C(C)(C)C)[C@H]1[NH2+][B-]2(OC1=O)C1CCCC2CCC1. The molecule has 3 heterocycles. The fraction of sp³-hybridized carbons (Fsp3) is 0.947. The molecule has 3 aliphatic heterocycles. The molecule has 0 aromatic carbocycles. The Hall–Kier alpha value is -0.328. The van der Waals surface area contributed by atoms with Gasteiger partial charge in [-0.3, -0.25) is 4.79 Å². The molecule has 0 unspecified atom stereocenters. The highest BCUT2D eigenvalue weighted by Gasteiger charge is 2.60. The molecule has 2 N–H and O–H groups in total. The molecule has 6 heteroatoms. The Kier molecular flexibility index (Phi) is 5.19. The minimum atomic E-state index is -1.77. The number of hydrogen-bond acceptors (Lipinski definition) is 3. The fourth-order valence-electron chi connectivity index (χ4n) is 5.31. The summed E-state index contributed by atoms with van der Waals surface area (Å²) in [7, 11) is -1.77. The van der Waals surface area contributed by atoms with Crippen LogP contribution in [0.2, 0.25) is 29.8 Å². The Morgan fingerprint density at radius 2 is 1.72 bits per heavy atom. The summed E-state index contributed by atoms with van der Waals surface area (Å²) in [6.07, 6.45) is 7.64. The molecule has 3 saturated heterocycles. The summed E-state index contributed by atoms with van der Waals surface area (Å²) in [6, 6.07) is -0.0639. The van der Waals surface area contributed by atoms with Crippen LogP contribution < -0.4 is 5.23 Å². The zero-order valence-corrected chi connectivity index (χ0v) is 18.1. The smallest absolute Gasteiger partial charge is 0.389 e. The largest absolute Gasteiger partial charge is 0.634 e. The number of hydrogen-bond donors (Lipinski definition) is 1. The lowest BCUT2D eigenvalue weighted by Gasteiger charge is -2.50. The van der Waals surface area contributed by atoms with Crippen molar-refractivity contribution in [1.29, 1.82) is 0 Å². The van der Waals surface area contributed by atoms with Crippen molar-refractivity contribution in [2.24, 2.45) is 5.92 Å². The normalized spacial score (nSPS) is 37.2. The van der Waals surface area contributed by atoms with Gasteiger partial charge in [-0.15, -0.1) is 0 Å². The average molecular weight is 367 g/mol. The molecule has 0 aliphatic carbocycles. The first-order valence-corrected chi connectivity index (χ1v) is 13.4. The van der Waals surface area contributed by atoms with Crippen molar-refractivity contribution in [1.82, 2.24) is 0 Å². The van der Waals surface area contributed by atoms with Crippen LogP contribution >= 0.6 is 0 Å². The Labute approximate surface area is 154 Å². The van der Waals surface area contributed by atoms with Gasteiger partial charge in [0, 0.05) is 12.5 Å². The number of nitrogens with two attached hydrogens (primary N) is 1. The van der Waals surface area contributed by atoms with Crippen LogP contribution in [0, 0.1) is 5.92 Å². The molecule has 1 spiro atoms. The molecule has 0 aromatic rings. The molecule has 0 radical (unpaired) electrons. The summed E-state index contributed by atoms with van der Waals surface area (Å²) in [5.74, 6) is 1.49. The van der Waals surface area contributed by atoms with E-state index < -0.39 is 14.8 Å². The van der Waals surface area contributed by atoms with Gasteiger partial charge in [-0.1, -0.05) is 77.9 Å². The minimum Gasteiger partial charge on any atom is -0.634 e. The van der Waals surface area contributed by atoms with E-state index in [1.807, 2.05) is 0 Å². The second kappa shape index (κ2) is 6.68. The van der Waals surface area contributed by atoms with Crippen molar-refractivity contribution in [3.8, 4) is 0 Å². The van der Waals surface area contributed by atoms with Gasteiger partial charge in [0.1, 0.15) is 6.04 Å². The van der Waals surface area contributed by atoms with E-state index in [4.69, 9.17) is 9.08 Å². The first-order valence-electron chi connectivity index (χ1n) is 10.5. The van der Waals surface area contributed by atoms with Gasteiger partial charge in [-0.25, -0.2) is 0 Å². The topological polar surface area (TPSA) is 52.1 Å². The summed E-state index contributed by atoms with van der Waals surface area (Å²) < 4.78 is 12.6. The maximum atomic E-state index is 12.8. The Morgan fingerprint density at radius 1 is 1.20 bits per heavy atom. The van der Waals surface area contributed by atoms with Crippen molar-refractivity contribution in [2.75, 3.05) is 6.61 Å². The molecular weight excluding hydrogens is 329 g/mol.